The number of urea groups is 1. The summed E-state index contributed by atoms with van der Waals surface area (Å²) >= 11 is 5.87. The van der Waals surface area contributed by atoms with Crippen molar-refractivity contribution >= 4 is 29.2 Å². The Hall–Kier alpha value is -2.79. The maximum atomic E-state index is 12.8. The third-order valence-corrected chi connectivity index (χ3v) is 4.24. The van der Waals surface area contributed by atoms with E-state index in [1.54, 1.807) is 31.2 Å². The molecule has 1 aliphatic heterocycles. The van der Waals surface area contributed by atoms with E-state index in [1.165, 1.54) is 0 Å². The van der Waals surface area contributed by atoms with Crippen molar-refractivity contribution in [1.29, 1.82) is 0 Å². The van der Waals surface area contributed by atoms with Crippen molar-refractivity contribution in [2.45, 2.75) is 19.9 Å². The first-order chi connectivity index (χ1) is 11.9. The fourth-order valence-electron chi connectivity index (χ4n) is 2.83. The molecule has 0 radical (unpaired) electrons. The molecule has 0 fully saturated rings. The molecule has 0 aliphatic carbocycles. The predicted octanol–water partition coefficient (Wildman–Crippen LogP) is 3.92. The largest absolute Gasteiger partial charge is 0.327 e. The lowest BCUT2D eigenvalue weighted by atomic mass is 9.94. The van der Waals surface area contributed by atoms with Crippen molar-refractivity contribution in [2.75, 3.05) is 5.32 Å². The first kappa shape index (κ1) is 17.0. The molecule has 1 heterocycles. The van der Waals surface area contributed by atoms with Gasteiger partial charge in [0.1, 0.15) is 0 Å². The van der Waals surface area contributed by atoms with Gasteiger partial charge in [-0.15, -0.1) is 0 Å². The van der Waals surface area contributed by atoms with E-state index in [9.17, 15) is 9.59 Å². The normalized spacial score (nSPS) is 16.9. The van der Waals surface area contributed by atoms with Gasteiger partial charge < -0.3 is 16.0 Å². The number of hydrogen-bond acceptors (Lipinski definition) is 2. The van der Waals surface area contributed by atoms with Crippen LogP contribution in [0, 0.1) is 6.92 Å². The van der Waals surface area contributed by atoms with E-state index < -0.39 is 6.04 Å². The van der Waals surface area contributed by atoms with E-state index >= 15 is 0 Å². The van der Waals surface area contributed by atoms with E-state index in [-0.39, 0.29) is 11.9 Å². The summed E-state index contributed by atoms with van der Waals surface area (Å²) in [7, 11) is 0. The molecule has 128 valence electrons. The smallest absolute Gasteiger partial charge is 0.319 e. The van der Waals surface area contributed by atoms with Crippen LogP contribution >= 0.6 is 11.6 Å². The van der Waals surface area contributed by atoms with Crippen LogP contribution in [0.1, 0.15) is 24.1 Å². The maximum absolute atomic E-state index is 12.8. The number of rotatable bonds is 3. The summed E-state index contributed by atoms with van der Waals surface area (Å²) in [5.41, 5.74) is 3.55. The molecule has 0 bridgehead atoms. The Balaban J connectivity index is 1.94. The van der Waals surface area contributed by atoms with Crippen LogP contribution < -0.4 is 16.0 Å². The van der Waals surface area contributed by atoms with Crippen molar-refractivity contribution in [3.05, 3.63) is 76.0 Å². The van der Waals surface area contributed by atoms with Crippen LogP contribution in [0.2, 0.25) is 5.02 Å². The van der Waals surface area contributed by atoms with Crippen molar-refractivity contribution in [1.82, 2.24) is 10.6 Å². The molecule has 0 spiro atoms. The summed E-state index contributed by atoms with van der Waals surface area (Å²) in [6.45, 7) is 3.69. The number of hydrogen-bond donors (Lipinski definition) is 3. The van der Waals surface area contributed by atoms with Crippen LogP contribution in [-0.2, 0) is 4.79 Å². The Labute approximate surface area is 151 Å². The molecule has 0 aromatic heterocycles. The quantitative estimate of drug-likeness (QED) is 0.781. The molecule has 3 N–H and O–H groups in total. The van der Waals surface area contributed by atoms with Gasteiger partial charge in [0.25, 0.3) is 5.91 Å². The molecule has 3 amide bonds. The molecule has 1 atom stereocenters. The number of anilines is 1. The van der Waals surface area contributed by atoms with Gasteiger partial charge in [0.15, 0.2) is 0 Å². The van der Waals surface area contributed by atoms with E-state index in [2.05, 4.69) is 16.0 Å². The summed E-state index contributed by atoms with van der Waals surface area (Å²) in [4.78, 5) is 24.7. The van der Waals surface area contributed by atoms with Crippen molar-refractivity contribution < 1.29 is 9.59 Å². The number of halogens is 1. The van der Waals surface area contributed by atoms with Gasteiger partial charge >= 0.3 is 6.03 Å². The maximum Gasteiger partial charge on any atom is 0.319 e. The second kappa shape index (κ2) is 6.99. The Bertz CT molecular complexity index is 859. The Kier molecular flexibility index (Phi) is 4.76. The van der Waals surface area contributed by atoms with Gasteiger partial charge in [0.05, 0.1) is 11.6 Å². The van der Waals surface area contributed by atoms with E-state index in [0.29, 0.717) is 22.0 Å². The molecule has 0 saturated carbocycles. The third-order valence-electron chi connectivity index (χ3n) is 3.99. The van der Waals surface area contributed by atoms with Gasteiger partial charge in [-0.05, 0) is 43.7 Å². The minimum atomic E-state index is -0.513. The van der Waals surface area contributed by atoms with Crippen LogP contribution in [-0.4, -0.2) is 11.9 Å². The molecule has 3 rings (SSSR count). The lowest BCUT2D eigenvalue weighted by Gasteiger charge is -2.29. The molecular weight excluding hydrogens is 338 g/mol. The second-order valence-electron chi connectivity index (χ2n) is 5.95. The monoisotopic (exact) mass is 355 g/mol. The highest BCUT2D eigenvalue weighted by molar-refractivity contribution is 6.30. The summed E-state index contributed by atoms with van der Waals surface area (Å²) in [6, 6.07) is 13.8. The number of carbonyl (C=O) groups excluding carboxylic acids is 2. The summed E-state index contributed by atoms with van der Waals surface area (Å²) < 4.78 is 0. The Morgan fingerprint density at radius 1 is 1.12 bits per heavy atom. The van der Waals surface area contributed by atoms with Gasteiger partial charge in [0, 0.05) is 16.4 Å². The molecule has 6 heteroatoms. The second-order valence-corrected chi connectivity index (χ2v) is 6.38. The Morgan fingerprint density at radius 3 is 2.52 bits per heavy atom. The number of nitrogens with one attached hydrogen (secondary N) is 3. The van der Waals surface area contributed by atoms with Gasteiger partial charge in [-0.3, -0.25) is 4.79 Å². The van der Waals surface area contributed by atoms with Crippen LogP contribution in [0.3, 0.4) is 0 Å². The Morgan fingerprint density at radius 2 is 1.84 bits per heavy atom. The first-order valence-corrected chi connectivity index (χ1v) is 8.23. The third kappa shape index (κ3) is 3.83. The van der Waals surface area contributed by atoms with E-state index in [0.717, 1.165) is 11.1 Å². The average Bonchev–Trinajstić information content (AvgIpc) is 2.56. The first-order valence-electron chi connectivity index (χ1n) is 7.86. The molecular formula is C19H18ClN3O2. The lowest BCUT2D eigenvalue weighted by molar-refractivity contribution is -0.113. The number of benzene rings is 2. The molecule has 1 aliphatic rings. The van der Waals surface area contributed by atoms with Crippen molar-refractivity contribution in [3.63, 3.8) is 0 Å². The van der Waals surface area contributed by atoms with E-state index in [1.807, 2.05) is 31.2 Å². The van der Waals surface area contributed by atoms with Crippen LogP contribution in [0.15, 0.2) is 59.8 Å². The number of allylic oxidation sites excluding steroid dienone is 1. The van der Waals surface area contributed by atoms with Crippen molar-refractivity contribution in [3.8, 4) is 0 Å². The highest BCUT2D eigenvalue weighted by Gasteiger charge is 2.31. The molecule has 25 heavy (non-hydrogen) atoms. The highest BCUT2D eigenvalue weighted by atomic mass is 35.5. The zero-order chi connectivity index (χ0) is 18.0. The fourth-order valence-corrected chi connectivity index (χ4v) is 2.95. The van der Waals surface area contributed by atoms with Gasteiger partial charge in [-0.2, -0.15) is 0 Å². The number of amides is 3. The minimum absolute atomic E-state index is 0.279. The summed E-state index contributed by atoms with van der Waals surface area (Å²) in [6.07, 6.45) is 0. The molecule has 0 unspecified atom stereocenters. The van der Waals surface area contributed by atoms with Gasteiger partial charge in [-0.25, -0.2) is 4.79 Å². The zero-order valence-corrected chi connectivity index (χ0v) is 14.6. The number of carbonyl (C=O) groups is 2. The lowest BCUT2D eigenvalue weighted by Crippen LogP contribution is -2.46. The SMILES string of the molecule is CC1=C(C(=O)Nc2ccc(Cl)cc2)[C@H](c2cccc(C)c2)NC(=O)N1. The van der Waals surface area contributed by atoms with E-state index in [4.69, 9.17) is 11.6 Å². The molecule has 5 nitrogen and oxygen atoms in total. The summed E-state index contributed by atoms with van der Waals surface area (Å²) in [5, 5.41) is 8.94. The van der Waals surface area contributed by atoms with Gasteiger partial charge in [-0.1, -0.05) is 41.4 Å². The van der Waals surface area contributed by atoms with Gasteiger partial charge in [0.2, 0.25) is 0 Å². The molecule has 0 saturated heterocycles. The molecule has 2 aromatic carbocycles. The zero-order valence-electron chi connectivity index (χ0n) is 13.9. The highest BCUT2D eigenvalue weighted by Crippen LogP contribution is 2.28. The summed E-state index contributed by atoms with van der Waals surface area (Å²) in [5.74, 6) is -0.279. The fraction of sp³-hybridized carbons (Fsp3) is 0.158. The van der Waals surface area contributed by atoms with Crippen LogP contribution in [0.4, 0.5) is 10.5 Å². The molecule has 2 aromatic rings. The average molecular weight is 356 g/mol. The topological polar surface area (TPSA) is 70.2 Å². The standard InChI is InChI=1S/C19H18ClN3O2/c1-11-4-3-5-13(10-11)17-16(12(2)21-19(25)23-17)18(24)22-15-8-6-14(20)7-9-15/h3-10,17H,1-2H3,(H,22,24)(H2,21,23,25)/t17-/m0/s1. The van der Waals surface area contributed by atoms with Crippen LogP contribution in [0.25, 0.3) is 0 Å². The van der Waals surface area contributed by atoms with Crippen molar-refractivity contribution in [2.24, 2.45) is 0 Å². The number of aryl methyl sites for hydroxylation is 1. The van der Waals surface area contributed by atoms with Crippen LogP contribution in [0.5, 0.6) is 0 Å². The minimum Gasteiger partial charge on any atom is -0.327 e. The predicted molar refractivity (Wildman–Crippen MR) is 98.4 cm³/mol.